The predicted molar refractivity (Wildman–Crippen MR) is 83.2 cm³/mol. The van der Waals surface area contributed by atoms with Gasteiger partial charge in [-0.15, -0.1) is 11.3 Å². The first-order chi connectivity index (χ1) is 9.61. The molecule has 0 amide bonds. The zero-order chi connectivity index (χ0) is 14.5. The molecule has 1 unspecified atom stereocenters. The fraction of sp³-hybridized carbons (Fsp3) is 0.375. The lowest BCUT2D eigenvalue weighted by atomic mass is 10.1. The Morgan fingerprint density at radius 2 is 2.00 bits per heavy atom. The van der Waals surface area contributed by atoms with Gasteiger partial charge in [0.05, 0.1) is 0 Å². The van der Waals surface area contributed by atoms with Gasteiger partial charge in [-0.25, -0.2) is 4.39 Å². The molecular weight excluding hydrogens is 271 g/mol. The van der Waals surface area contributed by atoms with Crippen LogP contribution in [0.5, 0.6) is 0 Å². The molecule has 2 nitrogen and oxygen atoms in total. The van der Waals surface area contributed by atoms with Gasteiger partial charge < -0.3 is 5.73 Å². The standard InChI is InChI=1S/C16H21FN2S/c1-12(9-15-7-4-8-20-15)19(2)11-14-6-3-5-13(10-18)16(14)17/h3-8,12H,9-11,18H2,1-2H3. The van der Waals surface area contributed by atoms with E-state index in [2.05, 4.69) is 29.3 Å². The molecule has 0 bridgehead atoms. The van der Waals surface area contributed by atoms with Crippen molar-refractivity contribution in [2.75, 3.05) is 7.05 Å². The highest BCUT2D eigenvalue weighted by Crippen LogP contribution is 2.18. The number of nitrogens with two attached hydrogens (primary N) is 1. The number of halogens is 1. The van der Waals surface area contributed by atoms with Crippen LogP contribution >= 0.6 is 11.3 Å². The van der Waals surface area contributed by atoms with Crippen LogP contribution in [0.2, 0.25) is 0 Å². The van der Waals surface area contributed by atoms with Crippen molar-refractivity contribution < 1.29 is 4.39 Å². The van der Waals surface area contributed by atoms with E-state index in [1.54, 1.807) is 17.4 Å². The summed E-state index contributed by atoms with van der Waals surface area (Å²) in [5.41, 5.74) is 6.85. The Morgan fingerprint density at radius 3 is 2.65 bits per heavy atom. The predicted octanol–water partition coefficient (Wildman–Crippen LogP) is 3.41. The molecule has 1 heterocycles. The van der Waals surface area contributed by atoms with Gasteiger partial charge in [0.1, 0.15) is 5.82 Å². The third kappa shape index (κ3) is 3.66. The minimum Gasteiger partial charge on any atom is -0.326 e. The molecule has 1 aromatic carbocycles. The third-order valence-electron chi connectivity index (χ3n) is 3.63. The van der Waals surface area contributed by atoms with Crippen LogP contribution in [-0.4, -0.2) is 18.0 Å². The normalized spacial score (nSPS) is 12.8. The van der Waals surface area contributed by atoms with Crippen molar-refractivity contribution in [2.24, 2.45) is 5.73 Å². The molecule has 0 aliphatic carbocycles. The maximum atomic E-state index is 14.2. The van der Waals surface area contributed by atoms with E-state index in [1.807, 2.05) is 19.2 Å². The average molecular weight is 292 g/mol. The summed E-state index contributed by atoms with van der Waals surface area (Å²) in [6, 6.07) is 10.0. The van der Waals surface area contributed by atoms with Crippen LogP contribution in [0.15, 0.2) is 35.7 Å². The Hall–Kier alpha value is -1.23. The topological polar surface area (TPSA) is 29.3 Å². The van der Waals surface area contributed by atoms with Gasteiger partial charge in [-0.3, -0.25) is 4.90 Å². The molecule has 2 rings (SSSR count). The van der Waals surface area contributed by atoms with Gasteiger partial charge in [0, 0.05) is 35.1 Å². The van der Waals surface area contributed by atoms with E-state index in [4.69, 9.17) is 5.73 Å². The SMILES string of the molecule is CC(Cc1cccs1)N(C)Cc1cccc(CN)c1F. The minimum atomic E-state index is -0.162. The number of thiophene rings is 1. The van der Waals surface area contributed by atoms with E-state index in [0.717, 1.165) is 6.42 Å². The average Bonchev–Trinajstić information content (AvgIpc) is 2.94. The Kier molecular flexibility index (Phi) is 5.29. The molecule has 1 aromatic heterocycles. The van der Waals surface area contributed by atoms with Crippen LogP contribution in [0.4, 0.5) is 4.39 Å². The summed E-state index contributed by atoms with van der Waals surface area (Å²) in [5, 5.41) is 2.09. The molecule has 0 aliphatic rings. The minimum absolute atomic E-state index is 0.162. The van der Waals surface area contributed by atoms with Crippen LogP contribution in [0.25, 0.3) is 0 Å². The monoisotopic (exact) mass is 292 g/mol. The van der Waals surface area contributed by atoms with Crippen LogP contribution in [-0.2, 0) is 19.5 Å². The van der Waals surface area contributed by atoms with E-state index in [0.29, 0.717) is 23.7 Å². The Balaban J connectivity index is 2.02. The van der Waals surface area contributed by atoms with Gasteiger partial charge in [-0.1, -0.05) is 24.3 Å². The van der Waals surface area contributed by atoms with E-state index in [9.17, 15) is 4.39 Å². The van der Waals surface area contributed by atoms with Gasteiger partial charge >= 0.3 is 0 Å². The summed E-state index contributed by atoms with van der Waals surface area (Å²) >= 11 is 1.77. The molecule has 0 spiro atoms. The Morgan fingerprint density at radius 1 is 1.25 bits per heavy atom. The molecule has 0 radical (unpaired) electrons. The largest absolute Gasteiger partial charge is 0.326 e. The van der Waals surface area contributed by atoms with Gasteiger partial charge in [-0.05, 0) is 31.8 Å². The molecule has 20 heavy (non-hydrogen) atoms. The van der Waals surface area contributed by atoms with Crippen LogP contribution < -0.4 is 5.73 Å². The second-order valence-electron chi connectivity index (χ2n) is 5.14. The number of rotatable bonds is 6. The zero-order valence-electron chi connectivity index (χ0n) is 12.0. The molecule has 0 saturated heterocycles. The van der Waals surface area contributed by atoms with Crippen molar-refractivity contribution in [3.8, 4) is 0 Å². The second kappa shape index (κ2) is 6.97. The van der Waals surface area contributed by atoms with Gasteiger partial charge in [0.25, 0.3) is 0 Å². The second-order valence-corrected chi connectivity index (χ2v) is 6.17. The molecule has 0 aliphatic heterocycles. The number of hydrogen-bond donors (Lipinski definition) is 1. The van der Waals surface area contributed by atoms with E-state index in [-0.39, 0.29) is 12.4 Å². The lowest BCUT2D eigenvalue weighted by Gasteiger charge is -2.25. The molecule has 4 heteroatoms. The number of likely N-dealkylation sites (N-methyl/N-ethyl adjacent to an activating group) is 1. The summed E-state index contributed by atoms with van der Waals surface area (Å²) < 4.78 is 14.2. The van der Waals surface area contributed by atoms with Crippen molar-refractivity contribution in [2.45, 2.75) is 32.5 Å². The zero-order valence-corrected chi connectivity index (χ0v) is 12.8. The van der Waals surface area contributed by atoms with Crippen LogP contribution in [0.1, 0.15) is 22.9 Å². The summed E-state index contributed by atoms with van der Waals surface area (Å²) in [6.45, 7) is 3.02. The highest BCUT2D eigenvalue weighted by atomic mass is 32.1. The first-order valence-electron chi connectivity index (χ1n) is 6.80. The number of hydrogen-bond acceptors (Lipinski definition) is 3. The first-order valence-corrected chi connectivity index (χ1v) is 7.68. The molecular formula is C16H21FN2S. The van der Waals surface area contributed by atoms with Gasteiger partial charge in [-0.2, -0.15) is 0 Å². The van der Waals surface area contributed by atoms with Crippen molar-refractivity contribution in [1.82, 2.24) is 4.90 Å². The third-order valence-corrected chi connectivity index (χ3v) is 4.53. The van der Waals surface area contributed by atoms with Gasteiger partial charge in [0.2, 0.25) is 0 Å². The molecule has 108 valence electrons. The van der Waals surface area contributed by atoms with Crippen molar-refractivity contribution in [3.63, 3.8) is 0 Å². The van der Waals surface area contributed by atoms with E-state index >= 15 is 0 Å². The lowest BCUT2D eigenvalue weighted by molar-refractivity contribution is 0.245. The van der Waals surface area contributed by atoms with Crippen molar-refractivity contribution in [1.29, 1.82) is 0 Å². The van der Waals surface area contributed by atoms with Crippen LogP contribution in [0, 0.1) is 5.82 Å². The Bertz CT molecular complexity index is 539. The highest BCUT2D eigenvalue weighted by molar-refractivity contribution is 7.09. The molecule has 0 saturated carbocycles. The van der Waals surface area contributed by atoms with E-state index in [1.165, 1.54) is 4.88 Å². The quantitative estimate of drug-likeness (QED) is 0.884. The maximum Gasteiger partial charge on any atom is 0.132 e. The molecule has 2 aromatic rings. The molecule has 2 N–H and O–H groups in total. The smallest absolute Gasteiger partial charge is 0.132 e. The summed E-state index contributed by atoms with van der Waals surface area (Å²) in [4.78, 5) is 3.54. The maximum absolute atomic E-state index is 14.2. The fourth-order valence-corrected chi connectivity index (χ4v) is 3.04. The molecule has 1 atom stereocenters. The number of benzene rings is 1. The first kappa shape index (κ1) is 15.2. The lowest BCUT2D eigenvalue weighted by Crippen LogP contribution is -2.30. The highest BCUT2D eigenvalue weighted by Gasteiger charge is 2.14. The number of nitrogens with zero attached hydrogens (tertiary/aromatic N) is 1. The van der Waals surface area contributed by atoms with Crippen molar-refractivity contribution >= 4 is 11.3 Å². The summed E-state index contributed by atoms with van der Waals surface area (Å²) in [5.74, 6) is -0.162. The fourth-order valence-electron chi connectivity index (χ4n) is 2.21. The van der Waals surface area contributed by atoms with Crippen molar-refractivity contribution in [3.05, 3.63) is 57.5 Å². The summed E-state index contributed by atoms with van der Waals surface area (Å²) in [6.07, 6.45) is 0.992. The summed E-state index contributed by atoms with van der Waals surface area (Å²) in [7, 11) is 2.03. The Labute approximate surface area is 124 Å². The van der Waals surface area contributed by atoms with Gasteiger partial charge in [0.15, 0.2) is 0 Å². The van der Waals surface area contributed by atoms with Crippen LogP contribution in [0.3, 0.4) is 0 Å². The van der Waals surface area contributed by atoms with E-state index < -0.39 is 0 Å². The molecule has 0 fully saturated rings.